The summed E-state index contributed by atoms with van der Waals surface area (Å²) in [7, 11) is 0. The van der Waals surface area contributed by atoms with Gasteiger partial charge in [-0.1, -0.05) is 0 Å². The van der Waals surface area contributed by atoms with Crippen molar-refractivity contribution in [3.8, 4) is 0 Å². The van der Waals surface area contributed by atoms with E-state index in [1.807, 2.05) is 6.92 Å². The number of rotatable bonds is 4. The van der Waals surface area contributed by atoms with E-state index in [-0.39, 0.29) is 0 Å². The number of benzene rings is 1. The van der Waals surface area contributed by atoms with E-state index in [0.717, 1.165) is 35.5 Å². The van der Waals surface area contributed by atoms with Crippen LogP contribution in [-0.4, -0.2) is 19.3 Å². The van der Waals surface area contributed by atoms with Gasteiger partial charge >= 0.3 is 0 Å². The number of imidazole rings is 1. The molecular weight excluding hydrogens is 395 g/mol. The Bertz CT molecular complexity index is 843. The molecule has 1 N–H and O–H groups in total. The Morgan fingerprint density at radius 1 is 1.24 bits per heavy atom. The predicted molar refractivity (Wildman–Crippen MR) is 96.2 cm³/mol. The third-order valence-corrected chi connectivity index (χ3v) is 4.58. The summed E-state index contributed by atoms with van der Waals surface area (Å²) in [4.78, 5) is 3.28. The van der Waals surface area contributed by atoms with Crippen LogP contribution in [0, 0.1) is 22.2 Å². The minimum absolute atomic E-state index is 0.792. The van der Waals surface area contributed by atoms with Gasteiger partial charge in [0.05, 0.1) is 16.7 Å². The van der Waals surface area contributed by atoms with Crippen LogP contribution in [0.3, 0.4) is 0 Å². The van der Waals surface area contributed by atoms with Gasteiger partial charge in [0, 0.05) is 22.4 Å². The van der Waals surface area contributed by atoms with E-state index in [4.69, 9.17) is 12.2 Å². The van der Waals surface area contributed by atoms with Crippen LogP contribution in [0.1, 0.15) is 17.8 Å². The van der Waals surface area contributed by atoms with Crippen molar-refractivity contribution >= 4 is 45.8 Å². The Morgan fingerprint density at radius 3 is 2.76 bits per heavy atom. The summed E-state index contributed by atoms with van der Waals surface area (Å²) in [6.45, 7) is 5.94. The average molecular weight is 412 g/mol. The number of fused-ring (bicyclic) bond motifs is 1. The van der Waals surface area contributed by atoms with E-state index in [9.17, 15) is 0 Å². The maximum absolute atomic E-state index is 5.44. The van der Waals surface area contributed by atoms with Crippen LogP contribution in [0.15, 0.2) is 24.3 Å². The standard InChI is InChI=1S/C15H17IN4S/c1-10-8-11(2)20(18-10)7-3-6-19-14-5-4-12(16)9-13(14)17-15(19)21/h4-5,8-9H,3,6-7H2,1-2H3,(H,17,21). The number of halogens is 1. The number of H-pyrrole nitrogens is 1. The van der Waals surface area contributed by atoms with Crippen LogP contribution in [-0.2, 0) is 13.1 Å². The minimum Gasteiger partial charge on any atom is -0.331 e. The number of hydrogen-bond donors (Lipinski definition) is 1. The molecule has 0 bridgehead atoms. The first kappa shape index (κ1) is 14.8. The molecule has 3 aromatic rings. The van der Waals surface area contributed by atoms with Gasteiger partial charge in [0.25, 0.3) is 0 Å². The lowest BCUT2D eigenvalue weighted by molar-refractivity contribution is 0.519. The molecule has 0 spiro atoms. The average Bonchev–Trinajstić information content (AvgIpc) is 2.89. The van der Waals surface area contributed by atoms with Crippen molar-refractivity contribution < 1.29 is 0 Å². The summed E-state index contributed by atoms with van der Waals surface area (Å²) in [5.41, 5.74) is 4.57. The van der Waals surface area contributed by atoms with Gasteiger partial charge in [0.15, 0.2) is 4.77 Å². The number of hydrogen-bond acceptors (Lipinski definition) is 2. The van der Waals surface area contributed by atoms with Gasteiger partial charge in [-0.3, -0.25) is 4.68 Å². The first-order valence-electron chi connectivity index (χ1n) is 6.94. The molecule has 0 fully saturated rings. The highest BCUT2D eigenvalue weighted by molar-refractivity contribution is 14.1. The molecule has 6 heteroatoms. The lowest BCUT2D eigenvalue weighted by Crippen LogP contribution is -2.07. The van der Waals surface area contributed by atoms with Crippen molar-refractivity contribution in [3.05, 3.63) is 44.0 Å². The molecule has 1 aromatic carbocycles. The molecule has 2 aromatic heterocycles. The van der Waals surface area contributed by atoms with Crippen LogP contribution < -0.4 is 0 Å². The van der Waals surface area contributed by atoms with Crippen molar-refractivity contribution in [1.29, 1.82) is 0 Å². The Hall–Kier alpha value is -1.15. The molecule has 3 rings (SSSR count). The van der Waals surface area contributed by atoms with Crippen molar-refractivity contribution in [2.75, 3.05) is 0 Å². The van der Waals surface area contributed by atoms with E-state index in [1.54, 1.807) is 0 Å². The minimum atomic E-state index is 0.792. The number of aromatic nitrogens is 4. The summed E-state index contributed by atoms with van der Waals surface area (Å²) in [5.74, 6) is 0. The van der Waals surface area contributed by atoms with E-state index >= 15 is 0 Å². The van der Waals surface area contributed by atoms with Gasteiger partial charge in [-0.15, -0.1) is 0 Å². The molecule has 0 aliphatic carbocycles. The first-order valence-corrected chi connectivity index (χ1v) is 8.42. The van der Waals surface area contributed by atoms with E-state index in [0.29, 0.717) is 0 Å². The molecule has 0 unspecified atom stereocenters. The molecule has 110 valence electrons. The Balaban J connectivity index is 1.78. The van der Waals surface area contributed by atoms with Gasteiger partial charge in [0.1, 0.15) is 0 Å². The number of aryl methyl sites for hydroxylation is 4. The largest absolute Gasteiger partial charge is 0.331 e. The monoisotopic (exact) mass is 412 g/mol. The Morgan fingerprint density at radius 2 is 2.05 bits per heavy atom. The second kappa shape index (κ2) is 5.92. The highest BCUT2D eigenvalue weighted by Gasteiger charge is 2.06. The van der Waals surface area contributed by atoms with Crippen molar-refractivity contribution in [3.63, 3.8) is 0 Å². The fraction of sp³-hybridized carbons (Fsp3) is 0.333. The molecule has 0 amide bonds. The molecule has 0 saturated carbocycles. The molecule has 0 radical (unpaired) electrons. The Kier molecular flexibility index (Phi) is 4.17. The van der Waals surface area contributed by atoms with Gasteiger partial charge in [-0.2, -0.15) is 5.10 Å². The molecular formula is C15H17IN4S. The van der Waals surface area contributed by atoms with Crippen molar-refractivity contribution in [2.45, 2.75) is 33.4 Å². The lowest BCUT2D eigenvalue weighted by atomic mass is 10.3. The number of aromatic amines is 1. The third kappa shape index (κ3) is 3.06. The highest BCUT2D eigenvalue weighted by atomic mass is 127. The second-order valence-electron chi connectivity index (χ2n) is 5.25. The van der Waals surface area contributed by atoms with Gasteiger partial charge < -0.3 is 9.55 Å². The summed E-state index contributed by atoms with van der Waals surface area (Å²) in [5, 5.41) is 4.50. The van der Waals surface area contributed by atoms with E-state index in [2.05, 4.69) is 73.1 Å². The molecule has 21 heavy (non-hydrogen) atoms. The normalized spacial score (nSPS) is 11.4. The smallest absolute Gasteiger partial charge is 0.178 e. The maximum Gasteiger partial charge on any atom is 0.178 e. The van der Waals surface area contributed by atoms with Crippen LogP contribution in [0.25, 0.3) is 11.0 Å². The van der Waals surface area contributed by atoms with Crippen LogP contribution >= 0.6 is 34.8 Å². The van der Waals surface area contributed by atoms with Crippen molar-refractivity contribution in [2.24, 2.45) is 0 Å². The van der Waals surface area contributed by atoms with E-state index < -0.39 is 0 Å². The molecule has 0 aliphatic rings. The zero-order chi connectivity index (χ0) is 15.0. The summed E-state index contributed by atoms with van der Waals surface area (Å²) in [6, 6.07) is 8.48. The summed E-state index contributed by atoms with van der Waals surface area (Å²) in [6.07, 6.45) is 1.01. The van der Waals surface area contributed by atoms with Gasteiger partial charge in [-0.05, 0) is 79.3 Å². The van der Waals surface area contributed by atoms with Crippen molar-refractivity contribution in [1.82, 2.24) is 19.3 Å². The second-order valence-corrected chi connectivity index (χ2v) is 6.88. The molecule has 0 atom stereocenters. The SMILES string of the molecule is Cc1cc(C)n(CCCn2c(=S)[nH]c3cc(I)ccc32)n1. The fourth-order valence-electron chi connectivity index (χ4n) is 2.64. The fourth-order valence-corrected chi connectivity index (χ4v) is 3.43. The van der Waals surface area contributed by atoms with Gasteiger partial charge in [-0.25, -0.2) is 0 Å². The zero-order valence-electron chi connectivity index (χ0n) is 12.1. The van der Waals surface area contributed by atoms with E-state index in [1.165, 1.54) is 14.8 Å². The number of nitrogens with zero attached hydrogens (tertiary/aromatic N) is 3. The van der Waals surface area contributed by atoms with Gasteiger partial charge in [0.2, 0.25) is 0 Å². The topological polar surface area (TPSA) is 38.5 Å². The maximum atomic E-state index is 5.44. The lowest BCUT2D eigenvalue weighted by Gasteiger charge is -2.06. The number of nitrogens with one attached hydrogen (secondary N) is 1. The van der Waals surface area contributed by atoms with Crippen LogP contribution in [0.2, 0.25) is 0 Å². The highest BCUT2D eigenvalue weighted by Crippen LogP contribution is 2.18. The summed E-state index contributed by atoms with van der Waals surface area (Å²) >= 11 is 7.76. The molecule has 2 heterocycles. The quantitative estimate of drug-likeness (QED) is 0.515. The third-order valence-electron chi connectivity index (χ3n) is 3.59. The first-order chi connectivity index (χ1) is 10.0. The zero-order valence-corrected chi connectivity index (χ0v) is 15.0. The Labute approximate surface area is 142 Å². The van der Waals surface area contributed by atoms with Crippen LogP contribution in [0.4, 0.5) is 0 Å². The molecule has 0 saturated heterocycles. The molecule has 0 aliphatic heterocycles. The predicted octanol–water partition coefficient (Wildman–Crippen LogP) is 4.21. The molecule has 4 nitrogen and oxygen atoms in total. The summed E-state index contributed by atoms with van der Waals surface area (Å²) < 4.78 is 6.25. The van der Waals surface area contributed by atoms with Crippen LogP contribution in [0.5, 0.6) is 0 Å².